The lowest BCUT2D eigenvalue weighted by molar-refractivity contribution is -0.133. The van der Waals surface area contributed by atoms with Crippen LogP contribution in [0.4, 0.5) is 0 Å². The van der Waals surface area contributed by atoms with Crippen LogP contribution in [0.5, 0.6) is 0 Å². The maximum absolute atomic E-state index is 12.5. The largest absolute Gasteiger partial charge is 0.356 e. The molecule has 3 rings (SSSR count). The molecule has 0 unspecified atom stereocenters. The van der Waals surface area contributed by atoms with Crippen molar-refractivity contribution >= 4 is 11.9 Å². The van der Waals surface area contributed by atoms with Crippen molar-refractivity contribution < 1.29 is 4.79 Å². The predicted octanol–water partition coefficient (Wildman–Crippen LogP) is 2.16. The number of rotatable bonds is 5. The lowest BCUT2D eigenvalue weighted by Crippen LogP contribution is -2.55. The lowest BCUT2D eigenvalue weighted by atomic mass is 9.83. The number of carbonyl (C=O) groups excluding carboxylic acids is 1. The number of carbonyl (C=O) groups is 1. The van der Waals surface area contributed by atoms with Crippen LogP contribution < -0.4 is 5.32 Å². The summed E-state index contributed by atoms with van der Waals surface area (Å²) < 4.78 is 0. The van der Waals surface area contributed by atoms with Crippen LogP contribution >= 0.6 is 0 Å². The summed E-state index contributed by atoms with van der Waals surface area (Å²) in [5.74, 6) is 1.36. The minimum Gasteiger partial charge on any atom is -0.356 e. The third-order valence-corrected chi connectivity index (χ3v) is 6.99. The molecule has 0 aromatic heterocycles. The van der Waals surface area contributed by atoms with E-state index in [0.717, 1.165) is 51.8 Å². The number of hydrogen-bond donors (Lipinski definition) is 1. The Kier molecular flexibility index (Phi) is 7.39. The fourth-order valence-electron chi connectivity index (χ4n) is 4.93. The van der Waals surface area contributed by atoms with Gasteiger partial charge in [0.15, 0.2) is 5.96 Å². The highest BCUT2D eigenvalue weighted by Gasteiger charge is 2.32. The molecule has 0 atom stereocenters. The van der Waals surface area contributed by atoms with Gasteiger partial charge in [-0.2, -0.15) is 0 Å². The number of nitrogens with zero attached hydrogens (tertiary/aromatic N) is 4. The molecule has 3 aliphatic rings. The van der Waals surface area contributed by atoms with Crippen LogP contribution in [0.2, 0.25) is 0 Å². The van der Waals surface area contributed by atoms with Crippen LogP contribution in [0.15, 0.2) is 4.99 Å². The van der Waals surface area contributed by atoms with Crippen LogP contribution in [0.3, 0.4) is 0 Å². The number of guanidine groups is 1. The zero-order valence-electron chi connectivity index (χ0n) is 17.5. The zero-order valence-corrected chi connectivity index (χ0v) is 17.5. The maximum Gasteiger partial charge on any atom is 0.236 e. The van der Waals surface area contributed by atoms with E-state index in [1.54, 1.807) is 0 Å². The van der Waals surface area contributed by atoms with Crippen LogP contribution in [0.1, 0.15) is 58.3 Å². The van der Waals surface area contributed by atoms with Gasteiger partial charge in [0, 0.05) is 52.9 Å². The standard InChI is InChI=1S/C21H39N5O/c1-3-21(9-5-6-10-21)18-23-20(22-2)26-15-13-24(14-16-26)17-19(27)25-11-7-4-8-12-25/h3-18H2,1-2H3,(H,22,23). The van der Waals surface area contributed by atoms with Crippen molar-refractivity contribution in [2.45, 2.75) is 58.3 Å². The van der Waals surface area contributed by atoms with E-state index in [4.69, 9.17) is 0 Å². The Labute approximate surface area is 165 Å². The number of piperazine rings is 1. The fraction of sp³-hybridized carbons (Fsp3) is 0.905. The summed E-state index contributed by atoms with van der Waals surface area (Å²) in [6.45, 7) is 9.65. The first-order chi connectivity index (χ1) is 13.2. The van der Waals surface area contributed by atoms with Crippen molar-refractivity contribution in [2.24, 2.45) is 10.4 Å². The summed E-state index contributed by atoms with van der Waals surface area (Å²) in [6.07, 6.45) is 10.3. The summed E-state index contributed by atoms with van der Waals surface area (Å²) >= 11 is 0. The molecule has 3 fully saturated rings. The molecule has 27 heavy (non-hydrogen) atoms. The molecule has 2 saturated heterocycles. The van der Waals surface area contributed by atoms with Gasteiger partial charge in [0.1, 0.15) is 0 Å². The molecule has 2 aliphatic heterocycles. The van der Waals surface area contributed by atoms with Crippen molar-refractivity contribution in [3.05, 3.63) is 0 Å². The van der Waals surface area contributed by atoms with E-state index in [-0.39, 0.29) is 0 Å². The summed E-state index contributed by atoms with van der Waals surface area (Å²) in [7, 11) is 1.89. The van der Waals surface area contributed by atoms with E-state index in [2.05, 4.69) is 31.9 Å². The smallest absolute Gasteiger partial charge is 0.236 e. The second-order valence-electron chi connectivity index (χ2n) is 8.67. The molecule has 0 aromatic carbocycles. The van der Waals surface area contributed by atoms with Gasteiger partial charge in [0.25, 0.3) is 0 Å². The van der Waals surface area contributed by atoms with Gasteiger partial charge in [0.05, 0.1) is 6.54 Å². The van der Waals surface area contributed by atoms with Crippen molar-refractivity contribution in [2.75, 3.05) is 59.4 Å². The molecule has 0 spiro atoms. The molecule has 6 nitrogen and oxygen atoms in total. The molecular formula is C21H39N5O. The average Bonchev–Trinajstić information content (AvgIpc) is 3.20. The first kappa shape index (κ1) is 20.4. The Morgan fingerprint density at radius 2 is 1.59 bits per heavy atom. The van der Waals surface area contributed by atoms with E-state index in [1.807, 2.05) is 7.05 Å². The molecule has 1 aliphatic carbocycles. The normalized spacial score (nSPS) is 24.3. The van der Waals surface area contributed by atoms with E-state index in [1.165, 1.54) is 51.4 Å². The van der Waals surface area contributed by atoms with E-state index in [0.29, 0.717) is 17.9 Å². The summed E-state index contributed by atoms with van der Waals surface area (Å²) in [5, 5.41) is 3.66. The molecule has 1 amide bonds. The summed E-state index contributed by atoms with van der Waals surface area (Å²) in [6, 6.07) is 0. The second-order valence-corrected chi connectivity index (χ2v) is 8.67. The van der Waals surface area contributed by atoms with Crippen LogP contribution in [-0.4, -0.2) is 86.0 Å². The van der Waals surface area contributed by atoms with Gasteiger partial charge in [-0.1, -0.05) is 19.8 Å². The third-order valence-electron chi connectivity index (χ3n) is 6.99. The molecule has 1 saturated carbocycles. The van der Waals surface area contributed by atoms with Crippen LogP contribution in [0, 0.1) is 5.41 Å². The monoisotopic (exact) mass is 377 g/mol. The van der Waals surface area contributed by atoms with Crippen molar-refractivity contribution in [3.8, 4) is 0 Å². The van der Waals surface area contributed by atoms with Gasteiger partial charge in [-0.15, -0.1) is 0 Å². The zero-order chi connectivity index (χ0) is 19.1. The molecule has 0 radical (unpaired) electrons. The van der Waals surface area contributed by atoms with Crippen molar-refractivity contribution in [1.29, 1.82) is 0 Å². The number of amides is 1. The van der Waals surface area contributed by atoms with Gasteiger partial charge in [0.2, 0.25) is 5.91 Å². The van der Waals surface area contributed by atoms with E-state index in [9.17, 15) is 4.79 Å². The number of aliphatic imine (C=N–C) groups is 1. The van der Waals surface area contributed by atoms with Gasteiger partial charge in [-0.25, -0.2) is 0 Å². The molecule has 154 valence electrons. The van der Waals surface area contributed by atoms with Gasteiger partial charge in [-0.05, 0) is 43.9 Å². The minimum atomic E-state index is 0.316. The highest BCUT2D eigenvalue weighted by atomic mass is 16.2. The summed E-state index contributed by atoms with van der Waals surface area (Å²) in [4.78, 5) is 23.8. The maximum atomic E-state index is 12.5. The third kappa shape index (κ3) is 5.37. The quantitative estimate of drug-likeness (QED) is 0.589. The predicted molar refractivity (Wildman–Crippen MR) is 111 cm³/mol. The number of likely N-dealkylation sites (tertiary alicyclic amines) is 1. The molecular weight excluding hydrogens is 338 g/mol. The van der Waals surface area contributed by atoms with Crippen molar-refractivity contribution in [3.63, 3.8) is 0 Å². The van der Waals surface area contributed by atoms with Crippen LogP contribution in [-0.2, 0) is 4.79 Å². The molecule has 6 heteroatoms. The Balaban J connectivity index is 1.42. The average molecular weight is 378 g/mol. The topological polar surface area (TPSA) is 51.2 Å². The minimum absolute atomic E-state index is 0.316. The van der Waals surface area contributed by atoms with Gasteiger partial charge < -0.3 is 15.1 Å². The Bertz CT molecular complexity index is 501. The number of hydrogen-bond acceptors (Lipinski definition) is 3. The lowest BCUT2D eigenvalue weighted by Gasteiger charge is -2.38. The molecule has 2 heterocycles. The highest BCUT2D eigenvalue weighted by molar-refractivity contribution is 5.80. The van der Waals surface area contributed by atoms with Gasteiger partial charge >= 0.3 is 0 Å². The second kappa shape index (κ2) is 9.76. The van der Waals surface area contributed by atoms with Crippen molar-refractivity contribution in [1.82, 2.24) is 20.0 Å². The first-order valence-electron chi connectivity index (χ1n) is 11.1. The number of nitrogens with one attached hydrogen (secondary N) is 1. The molecule has 1 N–H and O–H groups in total. The SMILES string of the molecule is CCC1(CNC(=NC)N2CCN(CC(=O)N3CCCCC3)CC2)CCCC1. The highest BCUT2D eigenvalue weighted by Crippen LogP contribution is 2.40. The number of piperidine rings is 1. The molecule has 0 bridgehead atoms. The fourth-order valence-corrected chi connectivity index (χ4v) is 4.93. The Morgan fingerprint density at radius 3 is 2.19 bits per heavy atom. The first-order valence-corrected chi connectivity index (χ1v) is 11.1. The summed E-state index contributed by atoms with van der Waals surface area (Å²) in [5.41, 5.74) is 0.471. The Hall–Kier alpha value is -1.30. The van der Waals surface area contributed by atoms with Crippen LogP contribution in [0.25, 0.3) is 0 Å². The van der Waals surface area contributed by atoms with E-state index >= 15 is 0 Å². The Morgan fingerprint density at radius 1 is 0.926 bits per heavy atom. The van der Waals surface area contributed by atoms with E-state index < -0.39 is 0 Å². The van der Waals surface area contributed by atoms with Gasteiger partial charge in [-0.3, -0.25) is 14.7 Å². The molecule has 0 aromatic rings.